The van der Waals surface area contributed by atoms with Gasteiger partial charge in [-0.2, -0.15) is 0 Å². The summed E-state index contributed by atoms with van der Waals surface area (Å²) < 4.78 is 13.8. The number of benzene rings is 1. The second-order valence-electron chi connectivity index (χ2n) is 6.05. The fraction of sp³-hybridized carbons (Fsp3) is 0.412. The summed E-state index contributed by atoms with van der Waals surface area (Å²) in [5, 5.41) is 5.78. The smallest absolute Gasteiger partial charge is 0.239 e. The topological polar surface area (TPSA) is 58.2 Å². The van der Waals surface area contributed by atoms with Gasteiger partial charge in [-0.3, -0.25) is 9.59 Å². The number of carbonyl (C=O) groups excluding carboxylic acids is 2. The monoisotopic (exact) mass is 302 g/mol. The zero-order valence-corrected chi connectivity index (χ0v) is 12.5. The van der Waals surface area contributed by atoms with Crippen LogP contribution in [0.1, 0.15) is 44.2 Å². The van der Waals surface area contributed by atoms with Crippen LogP contribution in [0.3, 0.4) is 0 Å². The van der Waals surface area contributed by atoms with E-state index in [2.05, 4.69) is 10.6 Å². The van der Waals surface area contributed by atoms with Crippen molar-refractivity contribution in [1.82, 2.24) is 10.6 Å². The first kappa shape index (κ1) is 14.8. The Kier molecular flexibility index (Phi) is 3.72. The quantitative estimate of drug-likeness (QED) is 0.844. The minimum absolute atomic E-state index is 0.142. The molecule has 1 fully saturated rings. The van der Waals surface area contributed by atoms with Crippen LogP contribution < -0.4 is 10.6 Å². The summed E-state index contributed by atoms with van der Waals surface area (Å²) in [6, 6.07) is 6.10. The molecule has 1 aliphatic heterocycles. The second-order valence-corrected chi connectivity index (χ2v) is 6.05. The summed E-state index contributed by atoms with van der Waals surface area (Å²) in [5.41, 5.74) is -0.377. The average molecular weight is 302 g/mol. The molecular weight excluding hydrogens is 283 g/mol. The number of amides is 1. The van der Waals surface area contributed by atoms with E-state index in [9.17, 15) is 14.0 Å². The molecule has 1 saturated carbocycles. The Morgan fingerprint density at radius 2 is 1.91 bits per heavy atom. The molecule has 116 valence electrons. The number of allylic oxidation sites excluding steroid dienone is 1. The Morgan fingerprint density at radius 1 is 1.23 bits per heavy atom. The third kappa shape index (κ3) is 2.40. The van der Waals surface area contributed by atoms with Crippen LogP contribution in [0.15, 0.2) is 36.2 Å². The molecule has 0 unspecified atom stereocenters. The molecule has 1 heterocycles. The summed E-state index contributed by atoms with van der Waals surface area (Å²) >= 11 is 0. The predicted octanol–water partition coefficient (Wildman–Crippen LogP) is 2.58. The van der Waals surface area contributed by atoms with Crippen LogP contribution >= 0.6 is 0 Å². The van der Waals surface area contributed by atoms with Gasteiger partial charge in [0.2, 0.25) is 5.91 Å². The summed E-state index contributed by atoms with van der Waals surface area (Å²) in [6.45, 7) is 1.79. The maximum absolute atomic E-state index is 13.8. The molecular formula is C17H19FN2O2. The molecule has 0 aromatic heterocycles. The van der Waals surface area contributed by atoms with Gasteiger partial charge in [0, 0.05) is 11.6 Å². The van der Waals surface area contributed by atoms with Crippen molar-refractivity contribution in [2.75, 3.05) is 0 Å². The Labute approximate surface area is 128 Å². The molecule has 1 aromatic rings. The Morgan fingerprint density at radius 3 is 2.55 bits per heavy atom. The van der Waals surface area contributed by atoms with E-state index in [0.717, 1.165) is 12.8 Å². The molecule has 5 heteroatoms. The molecule has 2 aliphatic rings. The first-order valence-electron chi connectivity index (χ1n) is 7.61. The van der Waals surface area contributed by atoms with Crippen LogP contribution in [0.25, 0.3) is 0 Å². The van der Waals surface area contributed by atoms with Gasteiger partial charge in [0.1, 0.15) is 17.1 Å². The standard InChI is InChI=1S/C17H19FN2O2/c1-11(12-6-2-3-7-13(12)18)19-15-10-14(21)17(16(22)20-15)8-4-5-9-17/h2-3,6-7,10-11,19H,4-5,8-9H2,1H3,(H,20,22)/t11-/m1/s1. The third-order valence-electron chi connectivity index (χ3n) is 4.63. The zero-order valence-electron chi connectivity index (χ0n) is 12.5. The van der Waals surface area contributed by atoms with Crippen LogP contribution in [-0.2, 0) is 9.59 Å². The Hall–Kier alpha value is -2.17. The first-order chi connectivity index (χ1) is 10.5. The highest BCUT2D eigenvalue weighted by molar-refractivity contribution is 6.14. The van der Waals surface area contributed by atoms with Gasteiger partial charge in [-0.05, 0) is 25.8 Å². The van der Waals surface area contributed by atoms with E-state index >= 15 is 0 Å². The van der Waals surface area contributed by atoms with E-state index in [-0.39, 0.29) is 23.5 Å². The van der Waals surface area contributed by atoms with E-state index < -0.39 is 5.41 Å². The number of ketones is 1. The molecule has 22 heavy (non-hydrogen) atoms. The molecule has 1 amide bonds. The molecule has 2 N–H and O–H groups in total. The molecule has 0 saturated heterocycles. The van der Waals surface area contributed by atoms with Gasteiger partial charge >= 0.3 is 0 Å². The molecule has 3 rings (SSSR count). The molecule has 1 atom stereocenters. The number of halogens is 1. The lowest BCUT2D eigenvalue weighted by Crippen LogP contribution is -2.50. The fourth-order valence-electron chi connectivity index (χ4n) is 3.33. The highest BCUT2D eigenvalue weighted by Crippen LogP contribution is 2.41. The third-order valence-corrected chi connectivity index (χ3v) is 4.63. The van der Waals surface area contributed by atoms with Crippen molar-refractivity contribution in [3.8, 4) is 0 Å². The minimum atomic E-state index is -0.869. The summed E-state index contributed by atoms with van der Waals surface area (Å²) in [5.74, 6) is -0.343. The van der Waals surface area contributed by atoms with Gasteiger partial charge in [-0.1, -0.05) is 31.0 Å². The van der Waals surface area contributed by atoms with Gasteiger partial charge in [0.25, 0.3) is 0 Å². The molecule has 0 bridgehead atoms. The largest absolute Gasteiger partial charge is 0.365 e. The maximum atomic E-state index is 13.8. The number of hydrogen-bond acceptors (Lipinski definition) is 3. The Bertz CT molecular complexity index is 648. The van der Waals surface area contributed by atoms with Crippen molar-refractivity contribution in [1.29, 1.82) is 0 Å². The van der Waals surface area contributed by atoms with E-state index in [1.54, 1.807) is 25.1 Å². The number of nitrogens with one attached hydrogen (secondary N) is 2. The van der Waals surface area contributed by atoms with Crippen LogP contribution in [0, 0.1) is 11.2 Å². The zero-order chi connectivity index (χ0) is 15.7. The van der Waals surface area contributed by atoms with Crippen LogP contribution in [0.4, 0.5) is 4.39 Å². The van der Waals surface area contributed by atoms with Gasteiger partial charge in [0.05, 0.1) is 6.04 Å². The van der Waals surface area contributed by atoms with Crippen molar-refractivity contribution in [3.05, 3.63) is 47.5 Å². The molecule has 1 spiro atoms. The summed E-state index contributed by atoms with van der Waals surface area (Å²) in [7, 11) is 0. The average Bonchev–Trinajstić information content (AvgIpc) is 2.96. The second kappa shape index (κ2) is 5.55. The molecule has 0 radical (unpaired) electrons. The highest BCUT2D eigenvalue weighted by Gasteiger charge is 2.49. The first-order valence-corrected chi connectivity index (χ1v) is 7.61. The predicted molar refractivity (Wildman–Crippen MR) is 80.1 cm³/mol. The fourth-order valence-corrected chi connectivity index (χ4v) is 3.33. The van der Waals surface area contributed by atoms with E-state index in [0.29, 0.717) is 24.2 Å². The normalized spacial score (nSPS) is 21.5. The van der Waals surface area contributed by atoms with Crippen LogP contribution in [0.2, 0.25) is 0 Å². The van der Waals surface area contributed by atoms with Gasteiger partial charge in [0.15, 0.2) is 5.78 Å². The lowest BCUT2D eigenvalue weighted by Gasteiger charge is -2.31. The van der Waals surface area contributed by atoms with Gasteiger partial charge < -0.3 is 10.6 Å². The molecule has 4 nitrogen and oxygen atoms in total. The highest BCUT2D eigenvalue weighted by atomic mass is 19.1. The van der Waals surface area contributed by atoms with Crippen LogP contribution in [-0.4, -0.2) is 11.7 Å². The van der Waals surface area contributed by atoms with Gasteiger partial charge in [-0.15, -0.1) is 0 Å². The van der Waals surface area contributed by atoms with Crippen molar-refractivity contribution >= 4 is 11.7 Å². The van der Waals surface area contributed by atoms with Crippen molar-refractivity contribution in [2.24, 2.45) is 5.41 Å². The molecule has 1 aromatic carbocycles. The van der Waals surface area contributed by atoms with E-state index in [1.807, 2.05) is 0 Å². The molecule has 1 aliphatic carbocycles. The van der Waals surface area contributed by atoms with Crippen molar-refractivity contribution < 1.29 is 14.0 Å². The number of hydrogen-bond donors (Lipinski definition) is 2. The lowest BCUT2D eigenvalue weighted by molar-refractivity contribution is -0.140. The lowest BCUT2D eigenvalue weighted by atomic mass is 9.79. The Balaban J connectivity index is 1.78. The van der Waals surface area contributed by atoms with E-state index in [4.69, 9.17) is 0 Å². The minimum Gasteiger partial charge on any atom is -0.365 e. The summed E-state index contributed by atoms with van der Waals surface area (Å²) in [4.78, 5) is 24.7. The number of rotatable bonds is 3. The van der Waals surface area contributed by atoms with Crippen molar-refractivity contribution in [3.63, 3.8) is 0 Å². The van der Waals surface area contributed by atoms with Gasteiger partial charge in [-0.25, -0.2) is 4.39 Å². The summed E-state index contributed by atoms with van der Waals surface area (Å²) in [6.07, 6.45) is 4.49. The maximum Gasteiger partial charge on any atom is 0.239 e. The SMILES string of the molecule is C[C@@H](NC1=CC(=O)C2(CCCC2)C(=O)N1)c1ccccc1F. The van der Waals surface area contributed by atoms with Crippen LogP contribution in [0.5, 0.6) is 0 Å². The number of carbonyl (C=O) groups is 2. The van der Waals surface area contributed by atoms with E-state index in [1.165, 1.54) is 12.1 Å². The van der Waals surface area contributed by atoms with Crippen molar-refractivity contribution in [2.45, 2.75) is 38.6 Å².